The Morgan fingerprint density at radius 3 is 2.70 bits per heavy atom. The fourth-order valence-electron chi connectivity index (χ4n) is 3.41. The number of carbonyl (C=O) groups is 2. The van der Waals surface area contributed by atoms with Crippen molar-refractivity contribution in [1.29, 1.82) is 0 Å². The van der Waals surface area contributed by atoms with E-state index in [9.17, 15) is 9.59 Å². The third-order valence-electron chi connectivity index (χ3n) is 4.94. The summed E-state index contributed by atoms with van der Waals surface area (Å²) in [6.07, 6.45) is 1.67. The van der Waals surface area contributed by atoms with Gasteiger partial charge in [0.25, 0.3) is 0 Å². The molecule has 0 radical (unpaired) electrons. The van der Waals surface area contributed by atoms with Crippen molar-refractivity contribution in [2.24, 2.45) is 0 Å². The maximum Gasteiger partial charge on any atom is 0.310 e. The highest BCUT2D eigenvalue weighted by molar-refractivity contribution is 7.13. The van der Waals surface area contributed by atoms with Crippen molar-refractivity contribution in [3.63, 3.8) is 0 Å². The summed E-state index contributed by atoms with van der Waals surface area (Å²) >= 11 is 1.49. The zero-order chi connectivity index (χ0) is 20.9. The van der Waals surface area contributed by atoms with E-state index in [0.29, 0.717) is 12.1 Å². The Hall–Kier alpha value is -3.19. The fraction of sp³-hybridized carbons (Fsp3) is 0.261. The number of para-hydroxylation sites is 1. The molecule has 2 aromatic carbocycles. The first-order valence-electron chi connectivity index (χ1n) is 9.77. The average molecular weight is 423 g/mol. The van der Waals surface area contributed by atoms with Crippen LogP contribution in [0.2, 0.25) is 0 Å². The minimum atomic E-state index is -0.313. The molecule has 1 aliphatic heterocycles. The average Bonchev–Trinajstić information content (AvgIpc) is 3.42. The Bertz CT molecular complexity index is 1050. The monoisotopic (exact) mass is 422 g/mol. The number of amides is 1. The predicted molar refractivity (Wildman–Crippen MR) is 116 cm³/mol. The lowest BCUT2D eigenvalue weighted by Gasteiger charge is -2.15. The first kappa shape index (κ1) is 20.1. The predicted octanol–water partition coefficient (Wildman–Crippen LogP) is 4.23. The van der Waals surface area contributed by atoms with Crippen molar-refractivity contribution < 1.29 is 19.1 Å². The van der Waals surface area contributed by atoms with Gasteiger partial charge in [-0.2, -0.15) is 0 Å². The van der Waals surface area contributed by atoms with Crippen LogP contribution >= 0.6 is 11.3 Å². The molecule has 1 aromatic heterocycles. The summed E-state index contributed by atoms with van der Waals surface area (Å²) in [5, 5.41) is 2.71. The third-order valence-corrected chi connectivity index (χ3v) is 5.86. The van der Waals surface area contributed by atoms with Crippen LogP contribution in [0.1, 0.15) is 24.1 Å². The largest absolute Gasteiger partial charge is 0.496 e. The van der Waals surface area contributed by atoms with Gasteiger partial charge in [0.15, 0.2) is 0 Å². The van der Waals surface area contributed by atoms with Crippen LogP contribution in [0, 0.1) is 0 Å². The number of carbonyl (C=O) groups excluding carboxylic acids is 2. The second kappa shape index (κ2) is 9.09. The summed E-state index contributed by atoms with van der Waals surface area (Å²) in [7, 11) is 1.63. The van der Waals surface area contributed by atoms with Crippen molar-refractivity contribution in [3.05, 3.63) is 65.2 Å². The molecule has 6 nitrogen and oxygen atoms in total. The molecule has 0 N–H and O–H groups in total. The van der Waals surface area contributed by atoms with Crippen molar-refractivity contribution in [2.75, 3.05) is 18.6 Å². The van der Waals surface area contributed by atoms with Gasteiger partial charge >= 0.3 is 5.97 Å². The molecule has 3 aromatic rings. The Kier molecular flexibility index (Phi) is 6.09. The van der Waals surface area contributed by atoms with Gasteiger partial charge in [0.05, 0.1) is 24.8 Å². The molecule has 0 aliphatic carbocycles. The van der Waals surface area contributed by atoms with Gasteiger partial charge in [0.2, 0.25) is 5.91 Å². The van der Waals surface area contributed by atoms with Crippen molar-refractivity contribution in [2.45, 2.75) is 25.9 Å². The second-order valence-corrected chi connectivity index (χ2v) is 7.86. The highest BCUT2D eigenvalue weighted by Gasteiger charge is 2.21. The molecule has 7 heteroatoms. The van der Waals surface area contributed by atoms with E-state index in [1.807, 2.05) is 53.9 Å². The molecule has 0 spiro atoms. The summed E-state index contributed by atoms with van der Waals surface area (Å²) in [6, 6.07) is 15.2. The van der Waals surface area contributed by atoms with Crippen LogP contribution < -0.4 is 9.64 Å². The van der Waals surface area contributed by atoms with E-state index in [1.165, 1.54) is 11.3 Å². The van der Waals surface area contributed by atoms with Gasteiger partial charge in [-0.15, -0.1) is 11.3 Å². The van der Waals surface area contributed by atoms with Crippen LogP contribution in [0.5, 0.6) is 5.75 Å². The Balaban J connectivity index is 1.32. The molecular formula is C23H22N2O4S. The number of anilines is 1. The lowest BCUT2D eigenvalue weighted by Crippen LogP contribution is -2.23. The molecule has 2 heterocycles. The van der Waals surface area contributed by atoms with E-state index in [4.69, 9.17) is 9.47 Å². The van der Waals surface area contributed by atoms with Gasteiger partial charge in [0.1, 0.15) is 17.4 Å². The number of hydrogen-bond donors (Lipinski definition) is 0. The third kappa shape index (κ3) is 4.52. The van der Waals surface area contributed by atoms with E-state index in [2.05, 4.69) is 4.98 Å². The van der Waals surface area contributed by atoms with Gasteiger partial charge in [-0.05, 0) is 36.2 Å². The number of esters is 1. The van der Waals surface area contributed by atoms with Crippen LogP contribution in [0.3, 0.4) is 0 Å². The number of nitrogens with zero attached hydrogens (tertiary/aromatic N) is 2. The number of hydrogen-bond acceptors (Lipinski definition) is 6. The van der Waals surface area contributed by atoms with Crippen LogP contribution in [0.4, 0.5) is 5.69 Å². The molecule has 1 aliphatic rings. The number of thiazole rings is 1. The first-order valence-corrected chi connectivity index (χ1v) is 10.6. The smallest absolute Gasteiger partial charge is 0.310 e. The molecule has 0 atom stereocenters. The molecule has 1 amide bonds. The maximum absolute atomic E-state index is 12.2. The summed E-state index contributed by atoms with van der Waals surface area (Å²) in [5.74, 6) is 0.597. The van der Waals surface area contributed by atoms with E-state index >= 15 is 0 Å². The van der Waals surface area contributed by atoms with Crippen molar-refractivity contribution in [1.82, 2.24) is 4.98 Å². The molecule has 1 fully saturated rings. The summed E-state index contributed by atoms with van der Waals surface area (Å²) in [4.78, 5) is 30.4. The summed E-state index contributed by atoms with van der Waals surface area (Å²) in [5.41, 5.74) is 3.35. The normalized spacial score (nSPS) is 13.5. The lowest BCUT2D eigenvalue weighted by atomic mass is 10.1. The van der Waals surface area contributed by atoms with Crippen LogP contribution in [0.25, 0.3) is 10.6 Å². The summed E-state index contributed by atoms with van der Waals surface area (Å²) < 4.78 is 10.8. The van der Waals surface area contributed by atoms with Crippen LogP contribution in [-0.2, 0) is 27.4 Å². The number of rotatable bonds is 7. The van der Waals surface area contributed by atoms with E-state index in [-0.39, 0.29) is 24.9 Å². The molecule has 0 saturated carbocycles. The number of benzene rings is 2. The molecule has 4 rings (SSSR count). The maximum atomic E-state index is 12.2. The standard InChI is InChI=1S/C23H22N2O4S/c1-28-20-6-3-2-5-19(20)23-24-17(15-30-23)14-29-22(27)13-16-8-10-18(11-9-16)25-12-4-7-21(25)26/h2-3,5-6,8-11,15H,4,7,12-14H2,1H3. The van der Waals surface area contributed by atoms with E-state index < -0.39 is 0 Å². The lowest BCUT2D eigenvalue weighted by molar-refractivity contribution is -0.144. The molecule has 30 heavy (non-hydrogen) atoms. The Morgan fingerprint density at radius 1 is 1.17 bits per heavy atom. The van der Waals surface area contributed by atoms with E-state index in [0.717, 1.165) is 40.5 Å². The quantitative estimate of drug-likeness (QED) is 0.533. The van der Waals surface area contributed by atoms with Crippen molar-refractivity contribution in [3.8, 4) is 16.3 Å². The SMILES string of the molecule is COc1ccccc1-c1nc(COC(=O)Cc2ccc(N3CCCC3=O)cc2)cs1. The first-order chi connectivity index (χ1) is 14.6. The van der Waals surface area contributed by atoms with Crippen LogP contribution in [-0.4, -0.2) is 30.5 Å². The summed E-state index contributed by atoms with van der Waals surface area (Å²) in [6.45, 7) is 0.884. The molecule has 0 bridgehead atoms. The zero-order valence-corrected chi connectivity index (χ0v) is 17.5. The van der Waals surface area contributed by atoms with Gasteiger partial charge in [-0.3, -0.25) is 9.59 Å². The Labute approximate surface area is 179 Å². The minimum Gasteiger partial charge on any atom is -0.496 e. The number of ether oxygens (including phenoxy) is 2. The minimum absolute atomic E-state index is 0.130. The molecule has 1 saturated heterocycles. The Morgan fingerprint density at radius 2 is 1.97 bits per heavy atom. The van der Waals surface area contributed by atoms with E-state index in [1.54, 1.807) is 12.0 Å². The number of methoxy groups -OCH3 is 1. The molecule has 154 valence electrons. The van der Waals surface area contributed by atoms with Gasteiger partial charge < -0.3 is 14.4 Å². The van der Waals surface area contributed by atoms with Gasteiger partial charge in [-0.1, -0.05) is 24.3 Å². The zero-order valence-electron chi connectivity index (χ0n) is 16.7. The highest BCUT2D eigenvalue weighted by Crippen LogP contribution is 2.32. The fourth-order valence-corrected chi connectivity index (χ4v) is 4.24. The topological polar surface area (TPSA) is 68.7 Å². The number of aromatic nitrogens is 1. The van der Waals surface area contributed by atoms with Crippen LogP contribution in [0.15, 0.2) is 53.9 Å². The molecular weight excluding hydrogens is 400 g/mol. The van der Waals surface area contributed by atoms with Crippen molar-refractivity contribution >= 4 is 28.9 Å². The van der Waals surface area contributed by atoms with Gasteiger partial charge in [0, 0.05) is 24.0 Å². The molecule has 0 unspecified atom stereocenters. The second-order valence-electron chi connectivity index (χ2n) is 7.00. The highest BCUT2D eigenvalue weighted by atomic mass is 32.1. The van der Waals surface area contributed by atoms with Gasteiger partial charge in [-0.25, -0.2) is 4.98 Å².